The molecule has 0 spiro atoms. The highest BCUT2D eigenvalue weighted by Gasteiger charge is 2.11. The lowest BCUT2D eigenvalue weighted by atomic mass is 10.1. The van der Waals surface area contributed by atoms with E-state index in [0.717, 1.165) is 31.5 Å². The number of rotatable bonds is 10. The van der Waals surface area contributed by atoms with Gasteiger partial charge < -0.3 is 5.32 Å². The Balaban J connectivity index is 2.50. The molecule has 1 rings (SSSR count). The molecule has 20 heavy (non-hydrogen) atoms. The van der Waals surface area contributed by atoms with E-state index in [2.05, 4.69) is 57.0 Å². The van der Waals surface area contributed by atoms with Crippen molar-refractivity contribution in [3.63, 3.8) is 0 Å². The standard InChI is InChI=1S/C17H32N2S/c1-6-9-18-10-16-7-8-17(20-16)13-19(11-14(2)3)12-15(4)5/h7-8,14-15,18H,6,9-13H2,1-5H3. The molecule has 0 radical (unpaired) electrons. The molecule has 0 saturated carbocycles. The van der Waals surface area contributed by atoms with Gasteiger partial charge >= 0.3 is 0 Å². The molecule has 116 valence electrons. The van der Waals surface area contributed by atoms with Crippen molar-refractivity contribution in [2.75, 3.05) is 19.6 Å². The van der Waals surface area contributed by atoms with Gasteiger partial charge in [-0.1, -0.05) is 34.6 Å². The normalized spacial score (nSPS) is 12.0. The molecule has 0 aliphatic heterocycles. The largest absolute Gasteiger partial charge is 0.312 e. The maximum absolute atomic E-state index is 3.48. The summed E-state index contributed by atoms with van der Waals surface area (Å²) in [7, 11) is 0. The highest BCUT2D eigenvalue weighted by molar-refractivity contribution is 7.11. The van der Waals surface area contributed by atoms with Crippen LogP contribution in [0.2, 0.25) is 0 Å². The van der Waals surface area contributed by atoms with E-state index < -0.39 is 0 Å². The highest BCUT2D eigenvalue weighted by Crippen LogP contribution is 2.19. The second-order valence-electron chi connectivity index (χ2n) is 6.53. The van der Waals surface area contributed by atoms with E-state index in [0.29, 0.717) is 0 Å². The smallest absolute Gasteiger partial charge is 0.0328 e. The molecule has 0 aromatic carbocycles. The summed E-state index contributed by atoms with van der Waals surface area (Å²) in [5.41, 5.74) is 0. The van der Waals surface area contributed by atoms with Crippen molar-refractivity contribution in [2.24, 2.45) is 11.8 Å². The average Bonchev–Trinajstić information content (AvgIpc) is 2.75. The van der Waals surface area contributed by atoms with Gasteiger partial charge in [-0.2, -0.15) is 0 Å². The average molecular weight is 297 g/mol. The van der Waals surface area contributed by atoms with Gasteiger partial charge in [0.05, 0.1) is 0 Å². The number of nitrogens with zero attached hydrogens (tertiary/aromatic N) is 1. The summed E-state index contributed by atoms with van der Waals surface area (Å²) >= 11 is 1.96. The lowest BCUT2D eigenvalue weighted by Gasteiger charge is -2.25. The quantitative estimate of drug-likeness (QED) is 0.645. The molecule has 0 amide bonds. The van der Waals surface area contributed by atoms with Crippen LogP contribution in [0.3, 0.4) is 0 Å². The Kier molecular flexibility index (Phi) is 8.43. The minimum Gasteiger partial charge on any atom is -0.312 e. The number of nitrogens with one attached hydrogen (secondary N) is 1. The number of hydrogen-bond acceptors (Lipinski definition) is 3. The number of hydrogen-bond donors (Lipinski definition) is 1. The van der Waals surface area contributed by atoms with Crippen LogP contribution in [-0.2, 0) is 13.1 Å². The molecule has 1 N–H and O–H groups in total. The molecule has 1 aromatic heterocycles. The summed E-state index contributed by atoms with van der Waals surface area (Å²) in [5.74, 6) is 1.47. The van der Waals surface area contributed by atoms with Crippen LogP contribution < -0.4 is 5.32 Å². The van der Waals surface area contributed by atoms with Gasteiger partial charge in [0.15, 0.2) is 0 Å². The molecule has 0 aliphatic carbocycles. The van der Waals surface area contributed by atoms with Gasteiger partial charge in [0.2, 0.25) is 0 Å². The van der Waals surface area contributed by atoms with Crippen molar-refractivity contribution in [3.05, 3.63) is 21.9 Å². The zero-order valence-corrected chi connectivity index (χ0v) is 14.7. The van der Waals surface area contributed by atoms with Gasteiger partial charge in [0, 0.05) is 35.9 Å². The molecule has 1 heterocycles. The van der Waals surface area contributed by atoms with E-state index in [9.17, 15) is 0 Å². The van der Waals surface area contributed by atoms with Crippen LogP contribution in [0.1, 0.15) is 50.8 Å². The molecular formula is C17H32N2S. The zero-order valence-electron chi connectivity index (χ0n) is 13.9. The second-order valence-corrected chi connectivity index (χ2v) is 7.78. The highest BCUT2D eigenvalue weighted by atomic mass is 32.1. The predicted octanol–water partition coefficient (Wildman–Crippen LogP) is 4.36. The van der Waals surface area contributed by atoms with Crippen molar-refractivity contribution < 1.29 is 0 Å². The van der Waals surface area contributed by atoms with Crippen molar-refractivity contribution >= 4 is 11.3 Å². The third-order valence-corrected chi connectivity index (χ3v) is 4.14. The van der Waals surface area contributed by atoms with E-state index in [1.54, 1.807) is 0 Å². The Morgan fingerprint density at radius 2 is 1.65 bits per heavy atom. The first kappa shape index (κ1) is 17.7. The Morgan fingerprint density at radius 3 is 2.20 bits per heavy atom. The lowest BCUT2D eigenvalue weighted by molar-refractivity contribution is 0.213. The fourth-order valence-electron chi connectivity index (χ4n) is 2.45. The summed E-state index contributed by atoms with van der Waals surface area (Å²) < 4.78 is 0. The molecule has 0 atom stereocenters. The van der Waals surface area contributed by atoms with Crippen molar-refractivity contribution in [1.29, 1.82) is 0 Å². The van der Waals surface area contributed by atoms with E-state index >= 15 is 0 Å². The second kappa shape index (κ2) is 9.54. The van der Waals surface area contributed by atoms with Crippen LogP contribution in [-0.4, -0.2) is 24.5 Å². The van der Waals surface area contributed by atoms with E-state index in [1.165, 1.54) is 29.3 Å². The molecular weight excluding hydrogens is 264 g/mol. The molecule has 0 saturated heterocycles. The Labute approximate surface area is 129 Å². The van der Waals surface area contributed by atoms with E-state index in [4.69, 9.17) is 0 Å². The van der Waals surface area contributed by atoms with Gasteiger partial charge in [-0.3, -0.25) is 4.90 Å². The van der Waals surface area contributed by atoms with Gasteiger partial charge in [-0.25, -0.2) is 0 Å². The minimum absolute atomic E-state index is 0.736. The van der Waals surface area contributed by atoms with E-state index in [-0.39, 0.29) is 0 Å². The zero-order chi connectivity index (χ0) is 15.0. The lowest BCUT2D eigenvalue weighted by Crippen LogP contribution is -2.30. The Morgan fingerprint density at radius 1 is 1.05 bits per heavy atom. The predicted molar refractivity (Wildman–Crippen MR) is 91.3 cm³/mol. The van der Waals surface area contributed by atoms with Crippen molar-refractivity contribution in [2.45, 2.75) is 54.1 Å². The summed E-state index contributed by atoms with van der Waals surface area (Å²) in [5, 5.41) is 3.48. The minimum atomic E-state index is 0.736. The topological polar surface area (TPSA) is 15.3 Å². The van der Waals surface area contributed by atoms with Gasteiger partial charge in [0.1, 0.15) is 0 Å². The maximum Gasteiger partial charge on any atom is 0.0328 e. The van der Waals surface area contributed by atoms with Crippen molar-refractivity contribution in [3.8, 4) is 0 Å². The summed E-state index contributed by atoms with van der Waals surface area (Å²) in [6.07, 6.45) is 1.20. The molecule has 2 nitrogen and oxygen atoms in total. The first-order valence-corrected chi connectivity index (χ1v) is 8.83. The molecule has 0 fully saturated rings. The van der Waals surface area contributed by atoms with E-state index in [1.807, 2.05) is 11.3 Å². The first-order chi connectivity index (χ1) is 9.51. The van der Waals surface area contributed by atoms with Crippen LogP contribution in [0, 0.1) is 11.8 Å². The number of thiophene rings is 1. The molecule has 0 bridgehead atoms. The molecule has 1 aromatic rings. The fourth-order valence-corrected chi connectivity index (χ4v) is 3.48. The molecule has 0 unspecified atom stereocenters. The Hall–Kier alpha value is -0.380. The summed E-state index contributed by atoms with van der Waals surface area (Å²) in [4.78, 5) is 5.56. The maximum atomic E-state index is 3.48. The van der Waals surface area contributed by atoms with Gasteiger partial charge in [-0.05, 0) is 36.9 Å². The van der Waals surface area contributed by atoms with Crippen LogP contribution >= 0.6 is 11.3 Å². The monoisotopic (exact) mass is 296 g/mol. The van der Waals surface area contributed by atoms with Crippen LogP contribution in [0.5, 0.6) is 0 Å². The van der Waals surface area contributed by atoms with Crippen LogP contribution in [0.25, 0.3) is 0 Å². The first-order valence-electron chi connectivity index (χ1n) is 8.01. The van der Waals surface area contributed by atoms with Crippen LogP contribution in [0.4, 0.5) is 0 Å². The summed E-state index contributed by atoms with van der Waals surface area (Å²) in [6.45, 7) is 17.1. The van der Waals surface area contributed by atoms with Crippen LogP contribution in [0.15, 0.2) is 12.1 Å². The third-order valence-electron chi connectivity index (χ3n) is 3.07. The third kappa shape index (κ3) is 7.41. The fraction of sp³-hybridized carbons (Fsp3) is 0.765. The molecule has 3 heteroatoms. The van der Waals surface area contributed by atoms with Gasteiger partial charge in [0.25, 0.3) is 0 Å². The molecule has 0 aliphatic rings. The SMILES string of the molecule is CCCNCc1ccc(CN(CC(C)C)CC(C)C)s1. The summed E-state index contributed by atoms with van der Waals surface area (Å²) in [6, 6.07) is 4.59. The Bertz CT molecular complexity index is 348. The van der Waals surface area contributed by atoms with Gasteiger partial charge in [-0.15, -0.1) is 11.3 Å². The van der Waals surface area contributed by atoms with Crippen molar-refractivity contribution in [1.82, 2.24) is 10.2 Å².